The first-order chi connectivity index (χ1) is 26.4. The Morgan fingerprint density at radius 1 is 0.815 bits per heavy atom. The Hall–Kier alpha value is -5.65. The van der Waals surface area contributed by atoms with Gasteiger partial charge in [-0.2, -0.15) is 0 Å². The highest BCUT2D eigenvalue weighted by Crippen LogP contribution is 2.42. The molecule has 1 aromatic heterocycles. The Balaban J connectivity index is 1.21. The Bertz CT molecular complexity index is 2180. The zero-order valence-electron chi connectivity index (χ0n) is 29.3. The lowest BCUT2D eigenvalue weighted by Gasteiger charge is -2.53. The predicted molar refractivity (Wildman–Crippen MR) is 212 cm³/mol. The van der Waals surface area contributed by atoms with E-state index in [0.717, 1.165) is 32.8 Å². The fourth-order valence-electron chi connectivity index (χ4n) is 7.16. The van der Waals surface area contributed by atoms with Gasteiger partial charge < -0.3 is 9.47 Å². The minimum Gasteiger partial charge on any atom is -0.448 e. The van der Waals surface area contributed by atoms with Gasteiger partial charge in [0.15, 0.2) is 17.3 Å². The van der Waals surface area contributed by atoms with Gasteiger partial charge in [-0.15, -0.1) is 22.8 Å². The van der Waals surface area contributed by atoms with E-state index in [1.165, 1.54) is 16.2 Å². The van der Waals surface area contributed by atoms with Gasteiger partial charge in [0, 0.05) is 10.5 Å². The van der Waals surface area contributed by atoms with E-state index in [4.69, 9.17) is 22.1 Å². The first-order valence-corrected chi connectivity index (χ1v) is 18.8. The van der Waals surface area contributed by atoms with Crippen molar-refractivity contribution in [2.45, 2.75) is 30.8 Å². The summed E-state index contributed by atoms with van der Waals surface area (Å²) >= 11 is 6.11. The molecule has 6 aromatic rings. The average Bonchev–Trinajstić information content (AvgIpc) is 3.68. The molecule has 54 heavy (non-hydrogen) atoms. The molecule has 1 N–H and O–H groups in total. The van der Waals surface area contributed by atoms with Crippen LogP contribution in [0.1, 0.15) is 43.9 Å². The summed E-state index contributed by atoms with van der Waals surface area (Å²) < 4.78 is 12.9. The van der Waals surface area contributed by atoms with E-state index in [2.05, 4.69) is 51.9 Å². The van der Waals surface area contributed by atoms with Crippen LogP contribution in [0.4, 0.5) is 0 Å². The van der Waals surface area contributed by atoms with Gasteiger partial charge in [0.25, 0.3) is 5.91 Å². The van der Waals surface area contributed by atoms with E-state index in [9.17, 15) is 9.59 Å². The first kappa shape index (κ1) is 35.4. The molecule has 0 bridgehead atoms. The fourth-order valence-corrected chi connectivity index (χ4v) is 8.11. The Kier molecular flexibility index (Phi) is 10.1. The van der Waals surface area contributed by atoms with Crippen LogP contribution in [0.2, 0.25) is 0 Å². The van der Waals surface area contributed by atoms with Gasteiger partial charge in [0.1, 0.15) is 16.7 Å². The second kappa shape index (κ2) is 15.4. The molecule has 3 heterocycles. The number of carbonyl (C=O) groups excluding carboxylic acids is 2. The highest BCUT2D eigenvalue weighted by Gasteiger charge is 2.57. The number of rotatable bonds is 11. The molecular weight excluding hydrogens is 713 g/mol. The minimum absolute atomic E-state index is 0.0231. The molecule has 1 amide bonds. The Labute approximate surface area is 323 Å². The molecule has 2 atom stereocenters. The van der Waals surface area contributed by atoms with Crippen molar-refractivity contribution in [1.29, 1.82) is 0 Å². The van der Waals surface area contributed by atoms with Crippen molar-refractivity contribution >= 4 is 40.7 Å². The molecule has 268 valence electrons. The van der Waals surface area contributed by atoms with E-state index < -0.39 is 29.9 Å². The summed E-state index contributed by atoms with van der Waals surface area (Å²) in [6.45, 7) is 1.88. The molecule has 2 unspecified atom stereocenters. The summed E-state index contributed by atoms with van der Waals surface area (Å²) in [5.74, 6) is -0.984. The number of benzene rings is 5. The normalized spacial score (nSPS) is 17.3. The quantitative estimate of drug-likeness (QED) is 0.0604. The molecular formula is C44H36N4O4S2. The largest absolute Gasteiger partial charge is 0.448 e. The van der Waals surface area contributed by atoms with Crippen LogP contribution in [0, 0.1) is 6.92 Å². The molecule has 0 aliphatic carbocycles. The molecule has 8 nitrogen and oxygen atoms in total. The summed E-state index contributed by atoms with van der Waals surface area (Å²) in [5, 5.41) is 13.5. The zero-order valence-corrected chi connectivity index (χ0v) is 31.0. The second-order valence-electron chi connectivity index (χ2n) is 13.0. The van der Waals surface area contributed by atoms with Gasteiger partial charge in [-0.05, 0) is 40.8 Å². The maximum absolute atomic E-state index is 14.7. The number of hydrogen-bond donors (Lipinski definition) is 2. The molecule has 1 fully saturated rings. The molecule has 2 aliphatic rings. The van der Waals surface area contributed by atoms with Crippen LogP contribution < -0.4 is 5.32 Å². The third kappa shape index (κ3) is 6.69. The highest BCUT2D eigenvalue weighted by atomic mass is 32.1. The minimum atomic E-state index is -0.941. The second-order valence-corrected chi connectivity index (χ2v) is 14.7. The smallest absolute Gasteiger partial charge is 0.356 e. The van der Waals surface area contributed by atoms with Gasteiger partial charge in [-0.3, -0.25) is 15.0 Å². The number of nitrogens with one attached hydrogen (secondary N) is 1. The molecule has 5 aromatic carbocycles. The van der Waals surface area contributed by atoms with Crippen molar-refractivity contribution in [2.75, 3.05) is 6.61 Å². The molecule has 10 heteroatoms. The number of esters is 1. The van der Waals surface area contributed by atoms with Crippen molar-refractivity contribution in [1.82, 2.24) is 20.4 Å². The lowest BCUT2D eigenvalue weighted by atomic mass is 9.75. The monoisotopic (exact) mass is 748 g/mol. The van der Waals surface area contributed by atoms with Crippen molar-refractivity contribution in [3.8, 4) is 0 Å². The van der Waals surface area contributed by atoms with Gasteiger partial charge >= 0.3 is 5.97 Å². The van der Waals surface area contributed by atoms with E-state index in [-0.39, 0.29) is 18.2 Å². The van der Waals surface area contributed by atoms with Gasteiger partial charge in [-0.1, -0.05) is 163 Å². The van der Waals surface area contributed by atoms with Crippen LogP contribution in [0.5, 0.6) is 0 Å². The maximum atomic E-state index is 14.7. The lowest BCUT2D eigenvalue weighted by molar-refractivity contribution is -0.186. The fraction of sp³-hybridized carbons (Fsp3) is 0.136. The number of carbonyl (C=O) groups is 2. The Morgan fingerprint density at radius 2 is 1.30 bits per heavy atom. The lowest BCUT2D eigenvalue weighted by Crippen LogP contribution is -2.74. The van der Waals surface area contributed by atoms with E-state index in [1.807, 2.05) is 122 Å². The van der Waals surface area contributed by atoms with E-state index in [1.54, 1.807) is 6.08 Å². The number of amides is 1. The first-order valence-electron chi connectivity index (χ1n) is 17.6. The predicted octanol–water partition coefficient (Wildman–Crippen LogP) is 7.85. The SMILES string of the molecule is Cc1nnc(C(S)=CC2=C(C(=O)OC(c3ccccc3)c3ccccc3)N3C(=O)C(NC(c4ccccc4)(c4ccccc4)c4ccccc4)C3OC2)s1. The van der Waals surface area contributed by atoms with Crippen LogP contribution in [-0.4, -0.2) is 45.9 Å². The van der Waals surface area contributed by atoms with Crippen LogP contribution in [0.15, 0.2) is 169 Å². The summed E-state index contributed by atoms with van der Waals surface area (Å²) in [7, 11) is 0. The summed E-state index contributed by atoms with van der Waals surface area (Å²) in [5.41, 5.74) is 4.04. The summed E-state index contributed by atoms with van der Waals surface area (Å²) in [6, 6.07) is 48.5. The third-order valence-electron chi connectivity index (χ3n) is 9.67. The van der Waals surface area contributed by atoms with E-state index >= 15 is 0 Å². The maximum Gasteiger partial charge on any atom is 0.356 e. The van der Waals surface area contributed by atoms with Crippen molar-refractivity contribution in [3.05, 3.63) is 207 Å². The molecule has 8 rings (SSSR count). The average molecular weight is 749 g/mol. The van der Waals surface area contributed by atoms with Gasteiger partial charge in [-0.25, -0.2) is 4.79 Å². The van der Waals surface area contributed by atoms with Gasteiger partial charge in [0.2, 0.25) is 0 Å². The van der Waals surface area contributed by atoms with Crippen molar-refractivity contribution < 1.29 is 19.1 Å². The molecule has 0 saturated carbocycles. The standard InChI is InChI=1S/C44H36N4O4S2/c1-29-46-47-40(54-29)36(53)27-32-28-51-42-37(45-44(33-21-11-4-12-22-33,34-23-13-5-14-24-34)35-25-15-6-16-26-35)41(49)48(42)38(32)43(50)52-39(30-17-7-2-8-18-30)31-19-9-3-10-20-31/h2-27,37,39,42,45,53H,28H2,1H3. The van der Waals surface area contributed by atoms with Crippen LogP contribution in [0.25, 0.3) is 4.91 Å². The van der Waals surface area contributed by atoms with Crippen LogP contribution in [-0.2, 0) is 24.6 Å². The number of aryl methyl sites for hydroxylation is 1. The zero-order chi connectivity index (χ0) is 37.1. The number of ether oxygens (including phenoxy) is 2. The van der Waals surface area contributed by atoms with Gasteiger partial charge in [0.05, 0.1) is 12.1 Å². The number of hydrogen-bond acceptors (Lipinski definition) is 9. The summed E-state index contributed by atoms with van der Waals surface area (Å²) in [4.78, 5) is 31.3. The molecule has 2 aliphatic heterocycles. The van der Waals surface area contributed by atoms with Crippen molar-refractivity contribution in [3.63, 3.8) is 0 Å². The van der Waals surface area contributed by atoms with Crippen LogP contribution in [0.3, 0.4) is 0 Å². The van der Waals surface area contributed by atoms with Crippen molar-refractivity contribution in [2.24, 2.45) is 0 Å². The third-order valence-corrected chi connectivity index (χ3v) is 11.0. The number of fused-ring (bicyclic) bond motifs is 1. The number of aromatic nitrogens is 2. The topological polar surface area (TPSA) is 93.7 Å². The molecule has 0 radical (unpaired) electrons. The van der Waals surface area contributed by atoms with Crippen LogP contribution >= 0.6 is 24.0 Å². The van der Waals surface area contributed by atoms with E-state index in [0.29, 0.717) is 15.5 Å². The molecule has 1 saturated heterocycles. The number of nitrogens with zero attached hydrogens (tertiary/aromatic N) is 3. The highest BCUT2D eigenvalue weighted by molar-refractivity contribution is 7.90. The Morgan fingerprint density at radius 3 is 1.76 bits per heavy atom. The summed E-state index contributed by atoms with van der Waals surface area (Å²) in [6.07, 6.45) is 0.172. The molecule has 0 spiro atoms. The number of thiol groups is 1. The number of β-lactam (4-membered cyclic amide) rings is 1.